The van der Waals surface area contributed by atoms with Gasteiger partial charge in [0.05, 0.1) is 18.2 Å². The van der Waals surface area contributed by atoms with Crippen molar-refractivity contribution in [3.63, 3.8) is 0 Å². The third-order valence-electron chi connectivity index (χ3n) is 5.97. The Labute approximate surface area is 197 Å². The van der Waals surface area contributed by atoms with Gasteiger partial charge in [-0.25, -0.2) is 0 Å². The summed E-state index contributed by atoms with van der Waals surface area (Å²) in [6.45, 7) is 3.45. The van der Waals surface area contributed by atoms with E-state index in [0.29, 0.717) is 55.0 Å². The van der Waals surface area contributed by atoms with Gasteiger partial charge in [0, 0.05) is 36.7 Å². The number of hydrogen-bond acceptors (Lipinski definition) is 5. The maximum Gasteiger partial charge on any atom is 0.253 e. The number of hydrogen-bond donors (Lipinski definition) is 2. The number of aromatic amines is 1. The van der Waals surface area contributed by atoms with Crippen LogP contribution in [-0.4, -0.2) is 47.5 Å². The minimum atomic E-state index is -0.137. The van der Waals surface area contributed by atoms with Crippen molar-refractivity contribution in [3.05, 3.63) is 70.0 Å². The molecule has 1 atom stereocenters. The highest BCUT2D eigenvalue weighted by molar-refractivity contribution is 7.80. The molecule has 7 nitrogen and oxygen atoms in total. The van der Waals surface area contributed by atoms with Crippen LogP contribution in [0.5, 0.6) is 11.5 Å². The Morgan fingerprint density at radius 3 is 2.64 bits per heavy atom. The molecule has 2 aromatic carbocycles. The molecule has 0 spiro atoms. The molecule has 3 heterocycles. The average molecular weight is 466 g/mol. The van der Waals surface area contributed by atoms with Crippen LogP contribution in [0.1, 0.15) is 24.0 Å². The first-order valence-corrected chi connectivity index (χ1v) is 11.7. The van der Waals surface area contributed by atoms with Crippen molar-refractivity contribution in [2.75, 3.05) is 26.4 Å². The lowest BCUT2D eigenvalue weighted by Gasteiger charge is -2.28. The second-order valence-corrected chi connectivity index (χ2v) is 8.75. The first-order chi connectivity index (χ1) is 16.2. The normalized spacial score (nSPS) is 17.2. The van der Waals surface area contributed by atoms with Crippen LogP contribution in [0.4, 0.5) is 0 Å². The number of nitrogens with one attached hydrogen (secondary N) is 2. The Morgan fingerprint density at radius 2 is 1.88 bits per heavy atom. The van der Waals surface area contributed by atoms with Gasteiger partial charge in [0.2, 0.25) is 0 Å². The topological polar surface area (TPSA) is 75.8 Å². The Hall–Kier alpha value is -3.10. The van der Waals surface area contributed by atoms with E-state index in [4.69, 9.17) is 26.4 Å². The Bertz CT molecular complexity index is 1190. The highest BCUT2D eigenvalue weighted by atomic mass is 32.1. The van der Waals surface area contributed by atoms with Crippen LogP contribution in [-0.2, 0) is 17.8 Å². The molecule has 2 aliphatic heterocycles. The van der Waals surface area contributed by atoms with Gasteiger partial charge < -0.3 is 29.4 Å². The van der Waals surface area contributed by atoms with Crippen LogP contribution >= 0.6 is 12.2 Å². The van der Waals surface area contributed by atoms with Crippen LogP contribution in [0, 0.1) is 0 Å². The summed E-state index contributed by atoms with van der Waals surface area (Å²) in [5.41, 5.74) is 2.37. The van der Waals surface area contributed by atoms with Crippen molar-refractivity contribution in [2.45, 2.75) is 32.0 Å². The maximum atomic E-state index is 12.9. The van der Waals surface area contributed by atoms with Crippen molar-refractivity contribution in [1.82, 2.24) is 15.2 Å². The van der Waals surface area contributed by atoms with E-state index in [1.807, 2.05) is 41.3 Å². The molecule has 0 aliphatic carbocycles. The van der Waals surface area contributed by atoms with Crippen molar-refractivity contribution in [2.24, 2.45) is 0 Å². The zero-order valence-corrected chi connectivity index (χ0v) is 19.2. The fourth-order valence-corrected chi connectivity index (χ4v) is 4.46. The number of nitrogens with zero attached hydrogens (tertiary/aromatic N) is 1. The van der Waals surface area contributed by atoms with E-state index in [0.717, 1.165) is 35.9 Å². The van der Waals surface area contributed by atoms with Gasteiger partial charge in [-0.3, -0.25) is 4.79 Å². The molecule has 0 amide bonds. The summed E-state index contributed by atoms with van der Waals surface area (Å²) in [5.74, 6) is 1.35. The molecule has 1 saturated heterocycles. The summed E-state index contributed by atoms with van der Waals surface area (Å²) in [6.07, 6.45) is 2.15. The van der Waals surface area contributed by atoms with Crippen molar-refractivity contribution < 1.29 is 14.2 Å². The van der Waals surface area contributed by atoms with E-state index in [2.05, 4.69) is 22.4 Å². The molecule has 172 valence electrons. The predicted octanol–water partition coefficient (Wildman–Crippen LogP) is 3.36. The Balaban J connectivity index is 1.38. The highest BCUT2D eigenvalue weighted by Crippen LogP contribution is 2.33. The maximum absolute atomic E-state index is 12.9. The molecule has 2 aliphatic rings. The monoisotopic (exact) mass is 465 g/mol. The molecular weight excluding hydrogens is 438 g/mol. The number of thiocarbonyl (C=S) groups is 1. The summed E-state index contributed by atoms with van der Waals surface area (Å²) in [7, 11) is 0. The van der Waals surface area contributed by atoms with Crippen molar-refractivity contribution >= 4 is 28.2 Å². The summed E-state index contributed by atoms with van der Waals surface area (Å²) in [5, 5.41) is 4.85. The van der Waals surface area contributed by atoms with E-state index in [1.54, 1.807) is 0 Å². The van der Waals surface area contributed by atoms with Crippen LogP contribution in [0.15, 0.2) is 53.3 Å². The van der Waals surface area contributed by atoms with E-state index in [-0.39, 0.29) is 11.7 Å². The van der Waals surface area contributed by atoms with Gasteiger partial charge in [-0.2, -0.15) is 0 Å². The zero-order valence-electron chi connectivity index (χ0n) is 18.3. The van der Waals surface area contributed by atoms with Gasteiger partial charge in [0.15, 0.2) is 16.6 Å². The number of fused-ring (bicyclic) bond motifs is 2. The van der Waals surface area contributed by atoms with Gasteiger partial charge in [0.25, 0.3) is 5.56 Å². The van der Waals surface area contributed by atoms with Gasteiger partial charge in [-0.05, 0) is 42.8 Å². The van der Waals surface area contributed by atoms with E-state index >= 15 is 0 Å². The number of ether oxygens (including phenoxy) is 3. The molecule has 8 heteroatoms. The SMILES string of the molecule is O=c1[nH]c2cc3c(cc2cc1CN(C[C@H]1CCCO1)C(=S)NCc1ccccc1)OCCO3. The van der Waals surface area contributed by atoms with Crippen LogP contribution in [0.3, 0.4) is 0 Å². The minimum absolute atomic E-state index is 0.110. The highest BCUT2D eigenvalue weighted by Gasteiger charge is 2.22. The smallest absolute Gasteiger partial charge is 0.253 e. The molecule has 0 saturated carbocycles. The van der Waals surface area contributed by atoms with Crippen LogP contribution in [0.2, 0.25) is 0 Å². The molecule has 0 radical (unpaired) electrons. The number of pyridine rings is 1. The lowest BCUT2D eigenvalue weighted by Crippen LogP contribution is -2.43. The Kier molecular flexibility index (Phi) is 6.46. The summed E-state index contributed by atoms with van der Waals surface area (Å²) in [6, 6.07) is 15.8. The summed E-state index contributed by atoms with van der Waals surface area (Å²) in [4.78, 5) is 17.9. The average Bonchev–Trinajstić information content (AvgIpc) is 3.35. The number of aromatic nitrogens is 1. The number of benzene rings is 2. The quantitative estimate of drug-likeness (QED) is 0.541. The Morgan fingerprint density at radius 1 is 1.09 bits per heavy atom. The fraction of sp³-hybridized carbons (Fsp3) is 0.360. The zero-order chi connectivity index (χ0) is 22.6. The number of H-pyrrole nitrogens is 1. The first-order valence-electron chi connectivity index (χ1n) is 11.3. The lowest BCUT2D eigenvalue weighted by molar-refractivity contribution is 0.0896. The van der Waals surface area contributed by atoms with Gasteiger partial charge >= 0.3 is 0 Å². The van der Waals surface area contributed by atoms with Gasteiger partial charge in [-0.15, -0.1) is 0 Å². The van der Waals surface area contributed by atoms with Crippen LogP contribution in [0.25, 0.3) is 10.9 Å². The van der Waals surface area contributed by atoms with Crippen LogP contribution < -0.4 is 20.3 Å². The largest absolute Gasteiger partial charge is 0.486 e. The lowest BCUT2D eigenvalue weighted by atomic mass is 10.1. The predicted molar refractivity (Wildman–Crippen MR) is 131 cm³/mol. The summed E-state index contributed by atoms with van der Waals surface area (Å²) >= 11 is 5.74. The second-order valence-electron chi connectivity index (χ2n) is 8.37. The molecule has 0 bridgehead atoms. The molecule has 5 rings (SSSR count). The molecule has 0 unspecified atom stereocenters. The standard InChI is InChI=1S/C25H27N3O4S/c29-24-19(11-18-12-22-23(13-21(18)27-24)32-10-9-31-22)15-28(16-20-7-4-8-30-20)25(33)26-14-17-5-2-1-3-6-17/h1-3,5-6,11-13,20H,4,7-10,14-16H2,(H,26,33)(H,27,29)/t20-/m1/s1. The first kappa shape index (κ1) is 21.7. The van der Waals surface area contributed by atoms with E-state index < -0.39 is 0 Å². The van der Waals surface area contributed by atoms with E-state index in [9.17, 15) is 4.79 Å². The number of rotatable bonds is 6. The van der Waals surface area contributed by atoms with E-state index in [1.165, 1.54) is 0 Å². The molecule has 2 N–H and O–H groups in total. The molecule has 1 fully saturated rings. The molecule has 1 aromatic heterocycles. The molecule has 3 aromatic rings. The van der Waals surface area contributed by atoms with Crippen molar-refractivity contribution in [3.8, 4) is 11.5 Å². The second kappa shape index (κ2) is 9.80. The summed E-state index contributed by atoms with van der Waals surface area (Å²) < 4.78 is 17.2. The molecule has 33 heavy (non-hydrogen) atoms. The van der Waals surface area contributed by atoms with Crippen molar-refractivity contribution in [1.29, 1.82) is 0 Å². The third kappa shape index (κ3) is 5.12. The van der Waals surface area contributed by atoms with Gasteiger partial charge in [0.1, 0.15) is 13.2 Å². The minimum Gasteiger partial charge on any atom is -0.486 e. The fourth-order valence-electron chi connectivity index (χ4n) is 4.25. The van der Waals surface area contributed by atoms with Gasteiger partial charge in [-0.1, -0.05) is 30.3 Å². The third-order valence-corrected chi connectivity index (χ3v) is 6.37. The molecular formula is C25H27N3O4S.